The molecule has 5 heteroatoms. The van der Waals surface area contributed by atoms with E-state index in [1.54, 1.807) is 12.1 Å². The van der Waals surface area contributed by atoms with Crippen LogP contribution in [0.3, 0.4) is 0 Å². The molecule has 1 amide bonds. The van der Waals surface area contributed by atoms with E-state index < -0.39 is 0 Å². The Balaban J connectivity index is 1.65. The van der Waals surface area contributed by atoms with Crippen LogP contribution in [0.2, 0.25) is 0 Å². The van der Waals surface area contributed by atoms with Crippen molar-refractivity contribution in [3.8, 4) is 11.5 Å². The predicted octanol–water partition coefficient (Wildman–Crippen LogP) is 3.32. The van der Waals surface area contributed by atoms with Crippen LogP contribution in [-0.4, -0.2) is 19.1 Å². The summed E-state index contributed by atoms with van der Waals surface area (Å²) in [4.78, 5) is 12.1. The van der Waals surface area contributed by atoms with Gasteiger partial charge in [0.1, 0.15) is 19.0 Å². The normalized spacial score (nSPS) is 13.5. The van der Waals surface area contributed by atoms with Gasteiger partial charge in [0.25, 0.3) is 0 Å². The van der Waals surface area contributed by atoms with E-state index in [0.29, 0.717) is 31.3 Å². The van der Waals surface area contributed by atoms with Crippen molar-refractivity contribution in [2.75, 3.05) is 13.2 Å². The fourth-order valence-corrected chi connectivity index (χ4v) is 2.50. The lowest BCUT2D eigenvalue weighted by atomic mass is 10.1. The van der Waals surface area contributed by atoms with Crippen LogP contribution < -0.4 is 14.8 Å². The number of hydrogen-bond acceptors (Lipinski definition) is 3. The lowest BCUT2D eigenvalue weighted by Crippen LogP contribution is -2.23. The van der Waals surface area contributed by atoms with Crippen molar-refractivity contribution >= 4 is 11.5 Å². The summed E-state index contributed by atoms with van der Waals surface area (Å²) in [6.45, 7) is 3.19. The highest BCUT2D eigenvalue weighted by molar-refractivity contribution is 5.94. The summed E-state index contributed by atoms with van der Waals surface area (Å²) in [5.41, 5.74) is 2.44. The van der Waals surface area contributed by atoms with E-state index in [9.17, 15) is 9.18 Å². The molecule has 4 nitrogen and oxygen atoms in total. The molecular formula is C19H18FNO3. The molecule has 0 atom stereocenters. The van der Waals surface area contributed by atoms with Crippen LogP contribution in [0, 0.1) is 5.82 Å². The zero-order valence-corrected chi connectivity index (χ0v) is 13.3. The first kappa shape index (κ1) is 16.1. The number of ether oxygens (including phenoxy) is 2. The molecule has 0 saturated heterocycles. The molecule has 0 spiro atoms. The van der Waals surface area contributed by atoms with E-state index >= 15 is 0 Å². The maximum atomic E-state index is 12.9. The highest BCUT2D eigenvalue weighted by Gasteiger charge is 2.15. The predicted molar refractivity (Wildman–Crippen MR) is 89.3 cm³/mol. The third kappa shape index (κ3) is 3.74. The number of carbonyl (C=O) groups is 1. The van der Waals surface area contributed by atoms with E-state index in [2.05, 4.69) is 5.32 Å². The summed E-state index contributed by atoms with van der Waals surface area (Å²) in [6.07, 6.45) is 1.50. The lowest BCUT2D eigenvalue weighted by molar-refractivity contribution is -0.116. The van der Waals surface area contributed by atoms with Gasteiger partial charge < -0.3 is 14.8 Å². The van der Waals surface area contributed by atoms with Gasteiger partial charge in [-0.25, -0.2) is 4.39 Å². The summed E-state index contributed by atoms with van der Waals surface area (Å²) in [5, 5.41) is 2.84. The zero-order chi connectivity index (χ0) is 16.9. The number of amides is 1. The Kier molecular flexibility index (Phi) is 4.79. The summed E-state index contributed by atoms with van der Waals surface area (Å²) in [7, 11) is 0. The van der Waals surface area contributed by atoms with Gasteiger partial charge in [0, 0.05) is 18.2 Å². The molecule has 1 heterocycles. The van der Waals surface area contributed by atoms with Crippen LogP contribution in [0.1, 0.15) is 18.1 Å². The van der Waals surface area contributed by atoms with Gasteiger partial charge in [-0.3, -0.25) is 4.79 Å². The van der Waals surface area contributed by atoms with Crippen LogP contribution in [0.25, 0.3) is 5.57 Å². The van der Waals surface area contributed by atoms with Crippen LogP contribution in [-0.2, 0) is 11.3 Å². The molecule has 24 heavy (non-hydrogen) atoms. The molecular weight excluding hydrogens is 309 g/mol. The summed E-state index contributed by atoms with van der Waals surface area (Å²) in [6, 6.07) is 11.6. The second-order valence-corrected chi connectivity index (χ2v) is 5.49. The molecule has 1 N–H and O–H groups in total. The third-order valence-electron chi connectivity index (χ3n) is 3.75. The second-order valence-electron chi connectivity index (χ2n) is 5.49. The molecule has 2 aromatic carbocycles. The fraction of sp³-hybridized carbons (Fsp3) is 0.211. The van der Waals surface area contributed by atoms with Crippen molar-refractivity contribution in [1.82, 2.24) is 5.32 Å². The van der Waals surface area contributed by atoms with Gasteiger partial charge in [-0.05, 0) is 36.3 Å². The number of benzene rings is 2. The van der Waals surface area contributed by atoms with E-state index in [4.69, 9.17) is 9.47 Å². The minimum Gasteiger partial charge on any atom is -0.486 e. The highest BCUT2D eigenvalue weighted by atomic mass is 19.1. The number of fused-ring (bicyclic) bond motifs is 1. The van der Waals surface area contributed by atoms with Crippen LogP contribution >= 0.6 is 0 Å². The number of halogens is 1. The van der Waals surface area contributed by atoms with Crippen LogP contribution in [0.5, 0.6) is 11.5 Å². The average molecular weight is 327 g/mol. The number of para-hydroxylation sites is 1. The fourth-order valence-electron chi connectivity index (χ4n) is 2.50. The minimum atomic E-state index is -0.299. The second kappa shape index (κ2) is 7.17. The van der Waals surface area contributed by atoms with Gasteiger partial charge in [0.2, 0.25) is 5.91 Å². The number of allylic oxidation sites excluding steroid dienone is 1. The molecule has 2 aromatic rings. The largest absolute Gasteiger partial charge is 0.486 e. The molecule has 0 bridgehead atoms. The Morgan fingerprint density at radius 1 is 1.17 bits per heavy atom. The Hall–Kier alpha value is -2.82. The van der Waals surface area contributed by atoms with Gasteiger partial charge in [-0.2, -0.15) is 0 Å². The summed E-state index contributed by atoms with van der Waals surface area (Å²) < 4.78 is 24.1. The van der Waals surface area contributed by atoms with Gasteiger partial charge in [-0.15, -0.1) is 0 Å². The van der Waals surface area contributed by atoms with E-state index in [1.165, 1.54) is 18.2 Å². The number of carbonyl (C=O) groups excluding carboxylic acids is 1. The standard InChI is InChI=1S/C19H18FNO3/c1-13(14-5-7-16(20)8-6-14)11-18(22)21-12-15-3-2-4-17-19(15)24-10-9-23-17/h2-8,11H,9-10,12H2,1H3,(H,21,22)/b13-11+. The molecule has 3 rings (SSSR count). The van der Waals surface area contributed by atoms with Crippen molar-refractivity contribution in [3.63, 3.8) is 0 Å². The van der Waals surface area contributed by atoms with Crippen LogP contribution in [0.15, 0.2) is 48.5 Å². The van der Waals surface area contributed by atoms with Gasteiger partial charge in [-0.1, -0.05) is 24.3 Å². The molecule has 0 aliphatic carbocycles. The van der Waals surface area contributed by atoms with Crippen molar-refractivity contribution in [2.24, 2.45) is 0 Å². The van der Waals surface area contributed by atoms with Gasteiger partial charge in [0.05, 0.1) is 0 Å². The van der Waals surface area contributed by atoms with Gasteiger partial charge in [0.15, 0.2) is 11.5 Å². The Morgan fingerprint density at radius 3 is 2.71 bits per heavy atom. The highest BCUT2D eigenvalue weighted by Crippen LogP contribution is 2.33. The number of rotatable bonds is 4. The summed E-state index contributed by atoms with van der Waals surface area (Å²) in [5.74, 6) is 0.868. The molecule has 0 unspecified atom stereocenters. The van der Waals surface area contributed by atoms with E-state index in [0.717, 1.165) is 16.7 Å². The third-order valence-corrected chi connectivity index (χ3v) is 3.75. The molecule has 1 aliphatic heterocycles. The molecule has 0 aromatic heterocycles. The Bertz CT molecular complexity index is 769. The zero-order valence-electron chi connectivity index (χ0n) is 13.3. The smallest absolute Gasteiger partial charge is 0.244 e. The maximum Gasteiger partial charge on any atom is 0.244 e. The molecule has 1 aliphatic rings. The Labute approximate surface area is 139 Å². The monoisotopic (exact) mass is 327 g/mol. The minimum absolute atomic E-state index is 0.217. The lowest BCUT2D eigenvalue weighted by Gasteiger charge is -2.21. The molecule has 0 fully saturated rings. The maximum absolute atomic E-state index is 12.9. The molecule has 0 radical (unpaired) electrons. The van der Waals surface area contributed by atoms with Crippen molar-refractivity contribution < 1.29 is 18.7 Å². The first-order valence-corrected chi connectivity index (χ1v) is 7.73. The van der Waals surface area contributed by atoms with E-state index in [1.807, 2.05) is 25.1 Å². The first-order valence-electron chi connectivity index (χ1n) is 7.73. The average Bonchev–Trinajstić information content (AvgIpc) is 2.60. The van der Waals surface area contributed by atoms with Crippen molar-refractivity contribution in [2.45, 2.75) is 13.5 Å². The first-order chi connectivity index (χ1) is 11.6. The van der Waals surface area contributed by atoms with Crippen molar-refractivity contribution in [1.29, 1.82) is 0 Å². The Morgan fingerprint density at radius 2 is 1.92 bits per heavy atom. The quantitative estimate of drug-likeness (QED) is 0.877. The number of nitrogens with one attached hydrogen (secondary N) is 1. The SMILES string of the molecule is C/C(=C\C(=O)NCc1cccc2c1OCCO2)c1ccc(F)cc1. The molecule has 124 valence electrons. The molecule has 0 saturated carbocycles. The van der Waals surface area contributed by atoms with Crippen molar-refractivity contribution in [3.05, 3.63) is 65.5 Å². The van der Waals surface area contributed by atoms with Crippen LogP contribution in [0.4, 0.5) is 4.39 Å². The van der Waals surface area contributed by atoms with Gasteiger partial charge >= 0.3 is 0 Å². The summed E-state index contributed by atoms with van der Waals surface area (Å²) >= 11 is 0. The van der Waals surface area contributed by atoms with E-state index in [-0.39, 0.29) is 11.7 Å². The topological polar surface area (TPSA) is 47.6 Å². The number of hydrogen-bond donors (Lipinski definition) is 1.